The van der Waals surface area contributed by atoms with Gasteiger partial charge in [-0.2, -0.15) is 0 Å². The molecule has 2 aromatic heterocycles. The highest BCUT2D eigenvalue weighted by molar-refractivity contribution is 7.18. The van der Waals surface area contributed by atoms with Gasteiger partial charge in [0, 0.05) is 12.1 Å². The highest BCUT2D eigenvalue weighted by atomic mass is 32.1. The van der Waals surface area contributed by atoms with E-state index in [2.05, 4.69) is 20.5 Å². The summed E-state index contributed by atoms with van der Waals surface area (Å²) in [6.07, 6.45) is 4.71. The number of nitrogens with two attached hydrogens (primary N) is 1. The van der Waals surface area contributed by atoms with Gasteiger partial charge in [0.15, 0.2) is 5.01 Å². The fourth-order valence-electron chi connectivity index (χ4n) is 2.73. The SMILES string of the molecule is NC[C@H]1CCC[C@H]1C(=O)Nc1nnc(-c2ccccn2)s1. The number of anilines is 1. The van der Waals surface area contributed by atoms with Crippen molar-refractivity contribution in [3.63, 3.8) is 0 Å². The second-order valence-electron chi connectivity index (χ2n) is 5.15. The van der Waals surface area contributed by atoms with E-state index in [1.165, 1.54) is 11.3 Å². The van der Waals surface area contributed by atoms with Crippen molar-refractivity contribution < 1.29 is 4.79 Å². The minimum Gasteiger partial charge on any atom is -0.330 e. The van der Waals surface area contributed by atoms with Gasteiger partial charge >= 0.3 is 0 Å². The van der Waals surface area contributed by atoms with Gasteiger partial charge in [0.1, 0.15) is 5.69 Å². The topological polar surface area (TPSA) is 93.8 Å². The number of amides is 1. The number of nitrogens with one attached hydrogen (secondary N) is 1. The smallest absolute Gasteiger partial charge is 0.229 e. The second-order valence-corrected chi connectivity index (χ2v) is 6.13. The van der Waals surface area contributed by atoms with Gasteiger partial charge in [-0.05, 0) is 37.4 Å². The summed E-state index contributed by atoms with van der Waals surface area (Å²) in [5, 5.41) is 12.2. The average Bonchev–Trinajstić information content (AvgIpc) is 3.16. The lowest BCUT2D eigenvalue weighted by atomic mass is 9.95. The summed E-state index contributed by atoms with van der Waals surface area (Å²) < 4.78 is 0. The Balaban J connectivity index is 1.69. The molecule has 1 aliphatic rings. The van der Waals surface area contributed by atoms with Crippen molar-refractivity contribution in [2.24, 2.45) is 17.6 Å². The molecule has 0 bridgehead atoms. The lowest BCUT2D eigenvalue weighted by Gasteiger charge is -2.15. The van der Waals surface area contributed by atoms with Crippen LogP contribution in [-0.2, 0) is 4.79 Å². The van der Waals surface area contributed by atoms with Gasteiger partial charge in [-0.25, -0.2) is 0 Å². The molecule has 1 saturated carbocycles. The maximum Gasteiger partial charge on any atom is 0.229 e. The van der Waals surface area contributed by atoms with Crippen LogP contribution in [0.2, 0.25) is 0 Å². The molecule has 2 heterocycles. The molecule has 7 heteroatoms. The molecule has 0 unspecified atom stereocenters. The Morgan fingerprint density at radius 1 is 1.38 bits per heavy atom. The second kappa shape index (κ2) is 6.28. The first-order valence-corrected chi connectivity index (χ1v) is 7.85. The van der Waals surface area contributed by atoms with Gasteiger partial charge in [0.25, 0.3) is 0 Å². The Morgan fingerprint density at radius 3 is 3.05 bits per heavy atom. The molecule has 1 fully saturated rings. The van der Waals surface area contributed by atoms with Crippen LogP contribution < -0.4 is 11.1 Å². The van der Waals surface area contributed by atoms with E-state index < -0.39 is 0 Å². The Kier molecular flexibility index (Phi) is 4.21. The largest absolute Gasteiger partial charge is 0.330 e. The van der Waals surface area contributed by atoms with Crippen LogP contribution in [0.5, 0.6) is 0 Å². The lowest BCUT2D eigenvalue weighted by Crippen LogP contribution is -2.29. The molecule has 3 N–H and O–H groups in total. The van der Waals surface area contributed by atoms with Crippen LogP contribution in [0.4, 0.5) is 5.13 Å². The Labute approximate surface area is 126 Å². The van der Waals surface area contributed by atoms with Crippen molar-refractivity contribution in [2.45, 2.75) is 19.3 Å². The van der Waals surface area contributed by atoms with Gasteiger partial charge in [-0.1, -0.05) is 23.8 Å². The molecule has 1 aliphatic carbocycles. The number of nitrogens with zero attached hydrogens (tertiary/aromatic N) is 3. The van der Waals surface area contributed by atoms with Crippen LogP contribution >= 0.6 is 11.3 Å². The van der Waals surface area contributed by atoms with E-state index in [-0.39, 0.29) is 17.7 Å². The average molecular weight is 303 g/mol. The Bertz CT molecular complexity index is 615. The molecule has 0 aromatic carbocycles. The molecule has 0 spiro atoms. The fraction of sp³-hybridized carbons (Fsp3) is 0.429. The van der Waals surface area contributed by atoms with Crippen LogP contribution in [0, 0.1) is 11.8 Å². The van der Waals surface area contributed by atoms with E-state index in [0.29, 0.717) is 16.7 Å². The first kappa shape index (κ1) is 14.1. The third-order valence-electron chi connectivity index (χ3n) is 3.84. The summed E-state index contributed by atoms with van der Waals surface area (Å²) in [7, 11) is 0. The summed E-state index contributed by atoms with van der Waals surface area (Å²) in [6.45, 7) is 0.563. The molecule has 21 heavy (non-hydrogen) atoms. The van der Waals surface area contributed by atoms with Gasteiger partial charge in [0.2, 0.25) is 11.0 Å². The molecule has 2 atom stereocenters. The molecular formula is C14H17N5OS. The number of hydrogen-bond donors (Lipinski definition) is 2. The van der Waals surface area contributed by atoms with Gasteiger partial charge in [0.05, 0.1) is 0 Å². The minimum absolute atomic E-state index is 0.00259. The number of hydrogen-bond acceptors (Lipinski definition) is 6. The zero-order chi connectivity index (χ0) is 14.7. The van der Waals surface area contributed by atoms with Crippen molar-refractivity contribution in [3.8, 4) is 10.7 Å². The number of carbonyl (C=O) groups is 1. The van der Waals surface area contributed by atoms with E-state index in [4.69, 9.17) is 5.73 Å². The summed E-state index contributed by atoms with van der Waals surface area (Å²) in [6, 6.07) is 5.61. The quantitative estimate of drug-likeness (QED) is 0.900. The molecule has 0 radical (unpaired) electrons. The molecule has 1 amide bonds. The van der Waals surface area contributed by atoms with Gasteiger partial charge in [-0.15, -0.1) is 10.2 Å². The van der Waals surface area contributed by atoms with Crippen LogP contribution in [-0.4, -0.2) is 27.6 Å². The van der Waals surface area contributed by atoms with Crippen molar-refractivity contribution in [2.75, 3.05) is 11.9 Å². The van der Waals surface area contributed by atoms with Crippen molar-refractivity contribution in [3.05, 3.63) is 24.4 Å². The van der Waals surface area contributed by atoms with Gasteiger partial charge in [-0.3, -0.25) is 9.78 Å². The third-order valence-corrected chi connectivity index (χ3v) is 4.70. The standard InChI is InChI=1S/C14H17N5OS/c15-8-9-4-3-5-10(9)12(20)17-14-19-18-13(21-14)11-6-1-2-7-16-11/h1-2,6-7,9-10H,3-5,8,15H2,(H,17,19,20)/t9-,10-/m1/s1. The molecule has 2 aromatic rings. The van der Waals surface area contributed by atoms with Crippen LogP contribution in [0.15, 0.2) is 24.4 Å². The van der Waals surface area contributed by atoms with Gasteiger partial charge < -0.3 is 11.1 Å². The Morgan fingerprint density at radius 2 is 2.29 bits per heavy atom. The molecule has 110 valence electrons. The van der Waals surface area contributed by atoms with Crippen LogP contribution in [0.1, 0.15) is 19.3 Å². The highest BCUT2D eigenvalue weighted by Gasteiger charge is 2.32. The fourth-order valence-corrected chi connectivity index (χ4v) is 3.45. The molecular weight excluding hydrogens is 286 g/mol. The van der Waals surface area contributed by atoms with Crippen molar-refractivity contribution in [1.29, 1.82) is 0 Å². The minimum atomic E-state index is -0.00259. The number of rotatable bonds is 4. The molecule has 0 aliphatic heterocycles. The van der Waals surface area contributed by atoms with E-state index in [9.17, 15) is 4.79 Å². The summed E-state index contributed by atoms with van der Waals surface area (Å²) >= 11 is 1.33. The van der Waals surface area contributed by atoms with Crippen LogP contribution in [0.3, 0.4) is 0 Å². The maximum absolute atomic E-state index is 12.3. The lowest BCUT2D eigenvalue weighted by molar-refractivity contribution is -0.120. The van der Waals surface area contributed by atoms with Crippen LogP contribution in [0.25, 0.3) is 10.7 Å². The summed E-state index contributed by atoms with van der Waals surface area (Å²) in [5.74, 6) is 0.289. The highest BCUT2D eigenvalue weighted by Crippen LogP contribution is 2.32. The summed E-state index contributed by atoms with van der Waals surface area (Å²) in [5.41, 5.74) is 6.48. The molecule has 3 rings (SSSR count). The zero-order valence-electron chi connectivity index (χ0n) is 11.5. The predicted molar refractivity (Wildman–Crippen MR) is 81.7 cm³/mol. The van der Waals surface area contributed by atoms with E-state index >= 15 is 0 Å². The first-order valence-electron chi connectivity index (χ1n) is 7.04. The number of pyridine rings is 1. The number of carbonyl (C=O) groups excluding carboxylic acids is 1. The van der Waals surface area contributed by atoms with E-state index in [0.717, 1.165) is 25.0 Å². The summed E-state index contributed by atoms with van der Waals surface area (Å²) in [4.78, 5) is 16.5. The molecule has 0 saturated heterocycles. The molecule has 6 nitrogen and oxygen atoms in total. The predicted octanol–water partition coefficient (Wildman–Crippen LogP) is 1.91. The van der Waals surface area contributed by atoms with Crippen molar-refractivity contribution in [1.82, 2.24) is 15.2 Å². The normalized spacial score (nSPS) is 21.4. The third kappa shape index (κ3) is 3.08. The van der Waals surface area contributed by atoms with E-state index in [1.54, 1.807) is 6.20 Å². The maximum atomic E-state index is 12.3. The monoisotopic (exact) mass is 303 g/mol. The van der Waals surface area contributed by atoms with Crippen molar-refractivity contribution >= 4 is 22.4 Å². The van der Waals surface area contributed by atoms with E-state index in [1.807, 2.05) is 18.2 Å². The first-order chi connectivity index (χ1) is 10.3. The number of aromatic nitrogens is 3. The Hall–Kier alpha value is -1.86. The zero-order valence-corrected chi connectivity index (χ0v) is 12.3.